The zero-order chi connectivity index (χ0) is 9.40. The summed E-state index contributed by atoms with van der Waals surface area (Å²) in [6, 6.07) is 0. The van der Waals surface area contributed by atoms with Crippen LogP contribution in [0.3, 0.4) is 0 Å². The summed E-state index contributed by atoms with van der Waals surface area (Å²) < 4.78 is 0. The van der Waals surface area contributed by atoms with Crippen LogP contribution >= 0.6 is 0 Å². The van der Waals surface area contributed by atoms with Gasteiger partial charge in [-0.2, -0.15) is 0 Å². The van der Waals surface area contributed by atoms with Crippen LogP contribution in [-0.2, 0) is 0 Å². The van der Waals surface area contributed by atoms with Gasteiger partial charge in [0, 0.05) is 0 Å². The lowest BCUT2D eigenvalue weighted by Gasteiger charge is -2.00. The Morgan fingerprint density at radius 1 is 1.17 bits per heavy atom. The number of aliphatic hydroxyl groups is 1. The Labute approximate surface area is 75.8 Å². The lowest BCUT2D eigenvalue weighted by Crippen LogP contribution is -1.83. The first-order chi connectivity index (χ1) is 5.72. The van der Waals surface area contributed by atoms with E-state index >= 15 is 0 Å². The summed E-state index contributed by atoms with van der Waals surface area (Å²) in [5, 5.41) is 8.65. The maximum absolute atomic E-state index is 8.65. The van der Waals surface area contributed by atoms with Gasteiger partial charge < -0.3 is 5.11 Å². The smallest absolute Gasteiger partial charge is 0.0618 e. The van der Waals surface area contributed by atoms with Crippen molar-refractivity contribution >= 4 is 0 Å². The van der Waals surface area contributed by atoms with E-state index in [1.54, 1.807) is 0 Å². The highest BCUT2D eigenvalue weighted by atomic mass is 16.2. The van der Waals surface area contributed by atoms with Gasteiger partial charge >= 0.3 is 0 Å². The number of hydrogen-bond donors (Lipinski definition) is 1. The van der Waals surface area contributed by atoms with Crippen molar-refractivity contribution in [3.8, 4) is 0 Å². The van der Waals surface area contributed by atoms with Crippen LogP contribution in [0.4, 0.5) is 0 Å². The SMILES string of the molecule is CCCC/C=C(C)/C(C)=C/CO. The van der Waals surface area contributed by atoms with Crippen molar-refractivity contribution in [1.29, 1.82) is 0 Å². The fourth-order valence-electron chi connectivity index (χ4n) is 0.982. The molecule has 0 rings (SSSR count). The summed E-state index contributed by atoms with van der Waals surface area (Å²) in [6.07, 6.45) is 7.73. The van der Waals surface area contributed by atoms with Crippen LogP contribution in [0.15, 0.2) is 23.3 Å². The highest BCUT2D eigenvalue weighted by Gasteiger charge is 1.90. The second-order valence-corrected chi connectivity index (χ2v) is 3.10. The second-order valence-electron chi connectivity index (χ2n) is 3.10. The van der Waals surface area contributed by atoms with Crippen molar-refractivity contribution in [1.82, 2.24) is 0 Å². The predicted molar refractivity (Wildman–Crippen MR) is 54.1 cm³/mol. The number of aliphatic hydroxyl groups excluding tert-OH is 1. The molecule has 0 radical (unpaired) electrons. The third-order valence-electron chi connectivity index (χ3n) is 2.03. The highest BCUT2D eigenvalue weighted by Crippen LogP contribution is 2.09. The Morgan fingerprint density at radius 3 is 2.25 bits per heavy atom. The van der Waals surface area contributed by atoms with Gasteiger partial charge in [-0.3, -0.25) is 0 Å². The molecular formula is C11H20O. The van der Waals surface area contributed by atoms with Crippen molar-refractivity contribution in [2.24, 2.45) is 0 Å². The summed E-state index contributed by atoms with van der Waals surface area (Å²) in [4.78, 5) is 0. The zero-order valence-electron chi connectivity index (χ0n) is 8.43. The minimum Gasteiger partial charge on any atom is -0.392 e. The van der Waals surface area contributed by atoms with E-state index in [1.807, 2.05) is 13.0 Å². The molecule has 0 bridgehead atoms. The summed E-state index contributed by atoms with van der Waals surface area (Å²) >= 11 is 0. The van der Waals surface area contributed by atoms with Gasteiger partial charge in [0.1, 0.15) is 0 Å². The van der Waals surface area contributed by atoms with Crippen molar-refractivity contribution in [3.05, 3.63) is 23.3 Å². The van der Waals surface area contributed by atoms with Crippen LogP contribution < -0.4 is 0 Å². The normalized spacial score (nSPS) is 13.7. The van der Waals surface area contributed by atoms with Crippen molar-refractivity contribution < 1.29 is 5.11 Å². The van der Waals surface area contributed by atoms with Crippen molar-refractivity contribution in [3.63, 3.8) is 0 Å². The van der Waals surface area contributed by atoms with Crippen LogP contribution in [0.5, 0.6) is 0 Å². The Hall–Kier alpha value is -0.560. The molecule has 0 saturated carbocycles. The number of unbranched alkanes of at least 4 members (excludes halogenated alkanes) is 2. The predicted octanol–water partition coefficient (Wildman–Crippen LogP) is 3.06. The van der Waals surface area contributed by atoms with Gasteiger partial charge in [0.05, 0.1) is 6.61 Å². The summed E-state index contributed by atoms with van der Waals surface area (Å²) in [6.45, 7) is 6.47. The van der Waals surface area contributed by atoms with Crippen molar-refractivity contribution in [2.75, 3.05) is 6.61 Å². The van der Waals surface area contributed by atoms with E-state index in [9.17, 15) is 0 Å². The van der Waals surface area contributed by atoms with Gasteiger partial charge in [-0.25, -0.2) is 0 Å². The minimum absolute atomic E-state index is 0.144. The van der Waals surface area contributed by atoms with E-state index < -0.39 is 0 Å². The molecule has 1 nitrogen and oxygen atoms in total. The topological polar surface area (TPSA) is 20.2 Å². The average molecular weight is 168 g/mol. The Balaban J connectivity index is 3.90. The Morgan fingerprint density at radius 2 is 1.75 bits per heavy atom. The van der Waals surface area contributed by atoms with Crippen LogP contribution in [0.1, 0.15) is 40.0 Å². The molecule has 1 heteroatoms. The fourth-order valence-corrected chi connectivity index (χ4v) is 0.982. The molecule has 0 unspecified atom stereocenters. The molecule has 12 heavy (non-hydrogen) atoms. The second kappa shape index (κ2) is 7.11. The summed E-state index contributed by atoms with van der Waals surface area (Å²) in [5.41, 5.74) is 2.48. The molecule has 0 aromatic heterocycles. The van der Waals surface area contributed by atoms with Gasteiger partial charge in [0.25, 0.3) is 0 Å². The van der Waals surface area contributed by atoms with Crippen LogP contribution in [0.25, 0.3) is 0 Å². The molecular weight excluding hydrogens is 148 g/mol. The van der Waals surface area contributed by atoms with Gasteiger partial charge in [-0.15, -0.1) is 0 Å². The number of allylic oxidation sites excluding steroid dienone is 3. The first-order valence-electron chi connectivity index (χ1n) is 4.67. The van der Waals surface area contributed by atoms with Gasteiger partial charge in [-0.1, -0.05) is 43.1 Å². The monoisotopic (exact) mass is 168 g/mol. The molecule has 0 aliphatic rings. The van der Waals surface area contributed by atoms with E-state index in [2.05, 4.69) is 19.9 Å². The maximum Gasteiger partial charge on any atom is 0.0618 e. The molecule has 0 aromatic rings. The lowest BCUT2D eigenvalue weighted by atomic mass is 10.1. The standard InChI is InChI=1S/C11H20O/c1-4-5-6-7-10(2)11(3)8-9-12/h7-8,12H,4-6,9H2,1-3H3/b10-7+,11-8+. The van der Waals surface area contributed by atoms with Crippen LogP contribution in [0, 0.1) is 0 Å². The van der Waals surface area contributed by atoms with E-state index in [-0.39, 0.29) is 6.61 Å². The molecule has 0 atom stereocenters. The van der Waals surface area contributed by atoms with Gasteiger partial charge in [0.15, 0.2) is 0 Å². The van der Waals surface area contributed by atoms with Crippen molar-refractivity contribution in [2.45, 2.75) is 40.0 Å². The third kappa shape index (κ3) is 5.14. The summed E-state index contributed by atoms with van der Waals surface area (Å²) in [5.74, 6) is 0. The van der Waals surface area contributed by atoms with Gasteiger partial charge in [-0.05, 0) is 20.3 Å². The summed E-state index contributed by atoms with van der Waals surface area (Å²) in [7, 11) is 0. The van der Waals surface area contributed by atoms with E-state index in [0.717, 1.165) is 6.42 Å². The molecule has 0 spiro atoms. The van der Waals surface area contributed by atoms with E-state index in [1.165, 1.54) is 24.0 Å². The van der Waals surface area contributed by atoms with Gasteiger partial charge in [0.2, 0.25) is 0 Å². The minimum atomic E-state index is 0.144. The highest BCUT2D eigenvalue weighted by molar-refractivity contribution is 5.26. The molecule has 0 heterocycles. The third-order valence-corrected chi connectivity index (χ3v) is 2.03. The Kier molecular flexibility index (Phi) is 6.78. The molecule has 0 aliphatic carbocycles. The van der Waals surface area contributed by atoms with Crippen LogP contribution in [0.2, 0.25) is 0 Å². The van der Waals surface area contributed by atoms with Crippen LogP contribution in [-0.4, -0.2) is 11.7 Å². The number of hydrogen-bond acceptors (Lipinski definition) is 1. The largest absolute Gasteiger partial charge is 0.392 e. The van der Waals surface area contributed by atoms with E-state index in [4.69, 9.17) is 5.11 Å². The maximum atomic E-state index is 8.65. The van der Waals surface area contributed by atoms with E-state index in [0.29, 0.717) is 0 Å². The molecule has 0 amide bonds. The fraction of sp³-hybridized carbons (Fsp3) is 0.636. The Bertz CT molecular complexity index is 166. The molecule has 0 saturated heterocycles. The molecule has 0 aromatic carbocycles. The first-order valence-corrected chi connectivity index (χ1v) is 4.67. The molecule has 0 fully saturated rings. The molecule has 70 valence electrons. The zero-order valence-corrected chi connectivity index (χ0v) is 8.43. The quantitative estimate of drug-likeness (QED) is 0.494. The number of rotatable bonds is 5. The molecule has 0 aliphatic heterocycles. The average Bonchev–Trinajstić information content (AvgIpc) is 2.05. The first kappa shape index (κ1) is 11.4. The lowest BCUT2D eigenvalue weighted by molar-refractivity contribution is 0.342. The molecule has 1 N–H and O–H groups in total.